The number of nitrogens with two attached hydrogens (primary N) is 1. The highest BCUT2D eigenvalue weighted by Gasteiger charge is 2.16. The Bertz CT molecular complexity index is 914. The topological polar surface area (TPSA) is 60.3 Å². The van der Waals surface area contributed by atoms with Crippen LogP contribution < -0.4 is 15.2 Å². The second-order valence-corrected chi connectivity index (χ2v) is 6.99. The van der Waals surface area contributed by atoms with Gasteiger partial charge in [-0.05, 0) is 87.5 Å². The molecule has 0 unspecified atom stereocenters. The Morgan fingerprint density at radius 3 is 2.39 bits per heavy atom. The van der Waals surface area contributed by atoms with Crippen LogP contribution in [0.15, 0.2) is 36.4 Å². The van der Waals surface area contributed by atoms with Gasteiger partial charge >= 0.3 is 0 Å². The number of H-pyrrole nitrogens is 1. The Kier molecular flexibility index (Phi) is 6.99. The van der Waals surface area contributed by atoms with E-state index >= 15 is 0 Å². The van der Waals surface area contributed by atoms with Crippen LogP contribution in [-0.2, 0) is 12.8 Å². The number of unbranched alkanes of at least 4 members (excludes halogenated alkanes) is 1. The van der Waals surface area contributed by atoms with Gasteiger partial charge in [-0.1, -0.05) is 13.0 Å². The van der Waals surface area contributed by atoms with E-state index in [9.17, 15) is 0 Å². The quantitative estimate of drug-likeness (QED) is 0.458. The average Bonchev–Trinajstić information content (AvgIpc) is 3.07. The summed E-state index contributed by atoms with van der Waals surface area (Å²) in [5, 5.41) is 1.32. The highest BCUT2D eigenvalue weighted by atomic mass is 16.5. The van der Waals surface area contributed by atoms with Crippen molar-refractivity contribution in [1.82, 2.24) is 4.98 Å². The van der Waals surface area contributed by atoms with E-state index in [1.165, 1.54) is 27.7 Å². The monoisotopic (exact) mass is 380 g/mol. The van der Waals surface area contributed by atoms with E-state index in [1.54, 1.807) is 0 Å². The number of aromatic nitrogens is 1. The van der Waals surface area contributed by atoms with Crippen LogP contribution in [0, 0.1) is 0 Å². The van der Waals surface area contributed by atoms with Crippen LogP contribution in [-0.4, -0.2) is 24.7 Å². The molecule has 4 nitrogen and oxygen atoms in total. The van der Waals surface area contributed by atoms with Crippen LogP contribution >= 0.6 is 0 Å². The molecule has 0 bridgehead atoms. The SMILES string of the molecule is CCOc1ccc(-c2[nH]c3ccc(CC)cc3c2CCCCN)cc1OCC. The first-order valence-electron chi connectivity index (χ1n) is 10.4. The summed E-state index contributed by atoms with van der Waals surface area (Å²) in [4.78, 5) is 3.65. The van der Waals surface area contributed by atoms with Gasteiger partial charge in [0.15, 0.2) is 11.5 Å². The number of aryl methyl sites for hydroxylation is 2. The maximum Gasteiger partial charge on any atom is 0.161 e. The van der Waals surface area contributed by atoms with Crippen LogP contribution in [0.5, 0.6) is 11.5 Å². The molecule has 0 fully saturated rings. The molecule has 4 heteroatoms. The van der Waals surface area contributed by atoms with Gasteiger partial charge in [-0.3, -0.25) is 0 Å². The van der Waals surface area contributed by atoms with Crippen molar-refractivity contribution in [3.05, 3.63) is 47.5 Å². The summed E-state index contributed by atoms with van der Waals surface area (Å²) in [7, 11) is 0. The van der Waals surface area contributed by atoms with Crippen LogP contribution in [0.2, 0.25) is 0 Å². The Morgan fingerprint density at radius 1 is 0.893 bits per heavy atom. The molecule has 0 amide bonds. The molecule has 0 aliphatic heterocycles. The van der Waals surface area contributed by atoms with E-state index in [0.717, 1.165) is 49.3 Å². The molecule has 0 aliphatic rings. The Morgan fingerprint density at radius 2 is 1.68 bits per heavy atom. The molecule has 3 rings (SSSR count). The highest BCUT2D eigenvalue weighted by Crippen LogP contribution is 2.37. The molecular weight excluding hydrogens is 348 g/mol. The third kappa shape index (κ3) is 4.33. The van der Waals surface area contributed by atoms with Gasteiger partial charge in [-0.2, -0.15) is 0 Å². The molecule has 0 aliphatic carbocycles. The molecule has 28 heavy (non-hydrogen) atoms. The summed E-state index contributed by atoms with van der Waals surface area (Å²) < 4.78 is 11.6. The highest BCUT2D eigenvalue weighted by molar-refractivity contribution is 5.91. The standard InChI is InChI=1S/C24H32N2O2/c1-4-17-10-12-21-20(15-17)19(9-7-8-14-25)24(26-21)18-11-13-22(27-5-2)23(16-18)28-6-3/h10-13,15-16,26H,4-9,14,25H2,1-3H3. The van der Waals surface area contributed by atoms with Gasteiger partial charge < -0.3 is 20.2 Å². The lowest BCUT2D eigenvalue weighted by molar-refractivity contribution is 0.288. The fraction of sp³-hybridized carbons (Fsp3) is 0.417. The van der Waals surface area contributed by atoms with E-state index in [-0.39, 0.29) is 0 Å². The molecule has 3 aromatic rings. The zero-order valence-corrected chi connectivity index (χ0v) is 17.3. The lowest BCUT2D eigenvalue weighted by Crippen LogP contribution is -2.00. The van der Waals surface area contributed by atoms with Crippen LogP contribution in [0.3, 0.4) is 0 Å². The molecule has 3 N–H and O–H groups in total. The van der Waals surface area contributed by atoms with Gasteiger partial charge in [0.05, 0.1) is 13.2 Å². The summed E-state index contributed by atoms with van der Waals surface area (Å²) >= 11 is 0. The van der Waals surface area contributed by atoms with Crippen molar-refractivity contribution in [1.29, 1.82) is 0 Å². The predicted molar refractivity (Wildman–Crippen MR) is 117 cm³/mol. The minimum Gasteiger partial charge on any atom is -0.490 e. The number of hydrogen-bond donors (Lipinski definition) is 2. The number of hydrogen-bond acceptors (Lipinski definition) is 3. The molecule has 0 radical (unpaired) electrons. The van der Waals surface area contributed by atoms with Crippen LogP contribution in [0.1, 0.15) is 44.7 Å². The largest absolute Gasteiger partial charge is 0.490 e. The van der Waals surface area contributed by atoms with Crippen molar-refractivity contribution < 1.29 is 9.47 Å². The van der Waals surface area contributed by atoms with E-state index in [0.29, 0.717) is 13.2 Å². The van der Waals surface area contributed by atoms with Gasteiger partial charge in [0.2, 0.25) is 0 Å². The number of aromatic amines is 1. The number of rotatable bonds is 10. The molecule has 0 spiro atoms. The van der Waals surface area contributed by atoms with Gasteiger partial charge in [0.25, 0.3) is 0 Å². The lowest BCUT2D eigenvalue weighted by Gasteiger charge is -2.13. The van der Waals surface area contributed by atoms with E-state index in [2.05, 4.69) is 42.2 Å². The summed E-state index contributed by atoms with van der Waals surface area (Å²) in [6, 6.07) is 12.9. The Hall–Kier alpha value is -2.46. The molecule has 2 aromatic carbocycles. The lowest BCUT2D eigenvalue weighted by atomic mass is 9.98. The fourth-order valence-electron chi connectivity index (χ4n) is 3.67. The fourth-order valence-corrected chi connectivity index (χ4v) is 3.67. The van der Waals surface area contributed by atoms with Crippen molar-refractivity contribution in [2.75, 3.05) is 19.8 Å². The number of fused-ring (bicyclic) bond motifs is 1. The number of nitrogens with one attached hydrogen (secondary N) is 1. The van der Waals surface area contributed by atoms with Crippen molar-refractivity contribution in [2.45, 2.75) is 46.5 Å². The summed E-state index contributed by atoms with van der Waals surface area (Å²) in [5.41, 5.74) is 11.9. The average molecular weight is 381 g/mol. The van der Waals surface area contributed by atoms with Gasteiger partial charge in [0, 0.05) is 22.2 Å². The molecule has 1 aromatic heterocycles. The maximum absolute atomic E-state index is 5.85. The van der Waals surface area contributed by atoms with Gasteiger partial charge in [-0.25, -0.2) is 0 Å². The van der Waals surface area contributed by atoms with Crippen molar-refractivity contribution >= 4 is 10.9 Å². The minimum atomic E-state index is 0.611. The summed E-state index contributed by atoms with van der Waals surface area (Å²) in [6.07, 6.45) is 4.17. The normalized spacial score (nSPS) is 11.1. The van der Waals surface area contributed by atoms with Gasteiger partial charge in [0.1, 0.15) is 0 Å². The van der Waals surface area contributed by atoms with Crippen LogP contribution in [0.25, 0.3) is 22.2 Å². The first kappa shape index (κ1) is 20.3. The summed E-state index contributed by atoms with van der Waals surface area (Å²) in [5.74, 6) is 1.59. The van der Waals surface area contributed by atoms with Crippen molar-refractivity contribution in [3.63, 3.8) is 0 Å². The molecule has 1 heterocycles. The second kappa shape index (κ2) is 9.65. The third-order valence-corrected chi connectivity index (χ3v) is 5.09. The summed E-state index contributed by atoms with van der Waals surface area (Å²) in [6.45, 7) is 8.15. The van der Waals surface area contributed by atoms with E-state index < -0.39 is 0 Å². The van der Waals surface area contributed by atoms with Crippen LogP contribution in [0.4, 0.5) is 0 Å². The first-order chi connectivity index (χ1) is 13.7. The zero-order chi connectivity index (χ0) is 19.9. The first-order valence-corrected chi connectivity index (χ1v) is 10.4. The number of benzene rings is 2. The second-order valence-electron chi connectivity index (χ2n) is 6.99. The molecular formula is C24H32N2O2. The Balaban J connectivity index is 2.10. The molecule has 0 atom stereocenters. The van der Waals surface area contributed by atoms with Crippen molar-refractivity contribution in [3.8, 4) is 22.8 Å². The minimum absolute atomic E-state index is 0.611. The maximum atomic E-state index is 5.85. The smallest absolute Gasteiger partial charge is 0.161 e. The van der Waals surface area contributed by atoms with Gasteiger partial charge in [-0.15, -0.1) is 0 Å². The molecule has 0 saturated heterocycles. The van der Waals surface area contributed by atoms with Crippen molar-refractivity contribution in [2.24, 2.45) is 5.73 Å². The molecule has 0 saturated carbocycles. The number of ether oxygens (including phenoxy) is 2. The molecule has 150 valence electrons. The third-order valence-electron chi connectivity index (χ3n) is 5.09. The zero-order valence-electron chi connectivity index (χ0n) is 17.3. The predicted octanol–water partition coefficient (Wildman–Crippen LogP) is 5.48. The Labute approximate surface area is 168 Å². The van der Waals surface area contributed by atoms with E-state index in [1.807, 2.05) is 19.9 Å². The van der Waals surface area contributed by atoms with E-state index in [4.69, 9.17) is 15.2 Å².